The van der Waals surface area contributed by atoms with Crippen molar-refractivity contribution in [3.8, 4) is 0 Å². The molecule has 2 rings (SSSR count). The van der Waals surface area contributed by atoms with E-state index in [-0.39, 0.29) is 4.90 Å². The lowest BCUT2D eigenvalue weighted by atomic mass is 10.3. The third-order valence-corrected chi connectivity index (χ3v) is 5.16. The van der Waals surface area contributed by atoms with Crippen LogP contribution < -0.4 is 5.32 Å². The molecule has 7 heteroatoms. The minimum absolute atomic E-state index is 0.265. The van der Waals surface area contributed by atoms with Gasteiger partial charge < -0.3 is 5.32 Å². The lowest BCUT2D eigenvalue weighted by Crippen LogP contribution is -2.22. The van der Waals surface area contributed by atoms with E-state index >= 15 is 0 Å². The van der Waals surface area contributed by atoms with Crippen LogP contribution >= 0.6 is 15.9 Å². The number of rotatable bonds is 5. The van der Waals surface area contributed by atoms with Crippen molar-refractivity contribution in [2.75, 3.05) is 19.4 Å². The highest BCUT2D eigenvalue weighted by Gasteiger charge is 2.17. The minimum Gasteiger partial charge on any atom is -0.379 e. The molecule has 0 bridgehead atoms. The Balaban J connectivity index is 2.13. The number of hydrogen-bond acceptors (Lipinski definition) is 4. The predicted octanol–water partition coefficient (Wildman–Crippen LogP) is 2.71. The molecule has 1 N–H and O–H groups in total. The van der Waals surface area contributed by atoms with Gasteiger partial charge in [-0.25, -0.2) is 12.7 Å². The molecule has 1 aromatic carbocycles. The fraction of sp³-hybridized carbons (Fsp3) is 0.214. The van der Waals surface area contributed by atoms with Crippen LogP contribution in [0.3, 0.4) is 0 Å². The Morgan fingerprint density at radius 3 is 2.62 bits per heavy atom. The molecule has 0 atom stereocenters. The molecule has 1 aromatic heterocycles. The van der Waals surface area contributed by atoms with Crippen LogP contribution in [-0.4, -0.2) is 31.8 Å². The first-order chi connectivity index (χ1) is 9.89. The van der Waals surface area contributed by atoms with Crippen LogP contribution in [0.15, 0.2) is 52.0 Å². The highest BCUT2D eigenvalue weighted by molar-refractivity contribution is 9.10. The Morgan fingerprint density at radius 2 is 2.00 bits per heavy atom. The minimum atomic E-state index is -3.42. The smallest absolute Gasteiger partial charge is 0.242 e. The average Bonchev–Trinajstić information content (AvgIpc) is 2.47. The van der Waals surface area contributed by atoms with Gasteiger partial charge in [0.05, 0.1) is 17.1 Å². The van der Waals surface area contributed by atoms with Gasteiger partial charge in [-0.2, -0.15) is 0 Å². The van der Waals surface area contributed by atoms with Gasteiger partial charge >= 0.3 is 0 Å². The predicted molar refractivity (Wildman–Crippen MR) is 86.6 cm³/mol. The van der Waals surface area contributed by atoms with Gasteiger partial charge in [-0.15, -0.1) is 0 Å². The van der Waals surface area contributed by atoms with Gasteiger partial charge in [0, 0.05) is 30.5 Å². The van der Waals surface area contributed by atoms with E-state index in [0.29, 0.717) is 6.54 Å². The maximum absolute atomic E-state index is 12.1. The number of anilines is 1. The zero-order valence-corrected chi connectivity index (χ0v) is 14.1. The van der Waals surface area contributed by atoms with Crippen LogP contribution in [0.4, 0.5) is 5.69 Å². The van der Waals surface area contributed by atoms with Gasteiger partial charge in [-0.3, -0.25) is 4.98 Å². The first-order valence-corrected chi connectivity index (χ1v) is 8.50. The molecule has 0 fully saturated rings. The molecule has 21 heavy (non-hydrogen) atoms. The number of aromatic nitrogens is 1. The summed E-state index contributed by atoms with van der Waals surface area (Å²) < 4.78 is 26.3. The van der Waals surface area contributed by atoms with Crippen LogP contribution in [0.1, 0.15) is 5.69 Å². The molecular weight excluding hydrogens is 354 g/mol. The summed E-state index contributed by atoms with van der Waals surface area (Å²) in [6.45, 7) is 0.527. The fourth-order valence-corrected chi connectivity index (χ4v) is 2.86. The normalized spacial score (nSPS) is 11.6. The van der Waals surface area contributed by atoms with Crippen molar-refractivity contribution < 1.29 is 8.42 Å². The van der Waals surface area contributed by atoms with Gasteiger partial charge in [-0.1, -0.05) is 6.07 Å². The number of sulfonamides is 1. The Kier molecular flexibility index (Phi) is 4.97. The molecule has 5 nitrogen and oxygen atoms in total. The van der Waals surface area contributed by atoms with Crippen molar-refractivity contribution in [3.63, 3.8) is 0 Å². The van der Waals surface area contributed by atoms with Crippen molar-refractivity contribution in [1.29, 1.82) is 0 Å². The van der Waals surface area contributed by atoms with E-state index in [1.165, 1.54) is 18.4 Å². The molecule has 0 amide bonds. The van der Waals surface area contributed by atoms with E-state index in [2.05, 4.69) is 26.2 Å². The van der Waals surface area contributed by atoms with Crippen molar-refractivity contribution in [2.45, 2.75) is 11.4 Å². The molecule has 1 heterocycles. The van der Waals surface area contributed by atoms with E-state index in [0.717, 1.165) is 15.9 Å². The molecule has 0 saturated carbocycles. The quantitative estimate of drug-likeness (QED) is 0.879. The van der Waals surface area contributed by atoms with Crippen LogP contribution in [0, 0.1) is 0 Å². The number of benzene rings is 1. The summed E-state index contributed by atoms with van der Waals surface area (Å²) in [5, 5.41) is 3.17. The standard InChI is InChI=1S/C14H16BrN3O2S/c1-18(2)21(19,20)14-5-3-4-12(8-14)17-10-13-7-6-11(15)9-16-13/h3-9,17H,10H2,1-2H3. The van der Waals surface area contributed by atoms with Crippen LogP contribution in [0.5, 0.6) is 0 Å². The second-order valence-corrected chi connectivity index (χ2v) is 7.70. The van der Waals surface area contributed by atoms with Crippen molar-refractivity contribution in [1.82, 2.24) is 9.29 Å². The van der Waals surface area contributed by atoms with Crippen LogP contribution in [0.2, 0.25) is 0 Å². The molecule has 2 aromatic rings. The summed E-state index contributed by atoms with van der Waals surface area (Å²) in [5.74, 6) is 0. The molecule has 0 aliphatic rings. The van der Waals surface area contributed by atoms with E-state index in [9.17, 15) is 8.42 Å². The number of pyridine rings is 1. The van der Waals surface area contributed by atoms with Crippen LogP contribution in [0.25, 0.3) is 0 Å². The Morgan fingerprint density at radius 1 is 1.24 bits per heavy atom. The van der Waals surface area contributed by atoms with Crippen molar-refractivity contribution >= 4 is 31.6 Å². The Hall–Kier alpha value is -1.44. The summed E-state index contributed by atoms with van der Waals surface area (Å²) in [7, 11) is -0.386. The highest BCUT2D eigenvalue weighted by atomic mass is 79.9. The van der Waals surface area contributed by atoms with Gasteiger partial charge in [0.2, 0.25) is 10.0 Å². The number of halogens is 1. The van der Waals surface area contributed by atoms with E-state index in [1.54, 1.807) is 24.4 Å². The number of nitrogens with zero attached hydrogens (tertiary/aromatic N) is 2. The van der Waals surface area contributed by atoms with Crippen LogP contribution in [-0.2, 0) is 16.6 Å². The number of nitrogens with one attached hydrogen (secondary N) is 1. The zero-order valence-electron chi connectivity index (χ0n) is 11.7. The lowest BCUT2D eigenvalue weighted by Gasteiger charge is -2.13. The molecular formula is C14H16BrN3O2S. The van der Waals surface area contributed by atoms with Gasteiger partial charge in [0.15, 0.2) is 0 Å². The highest BCUT2D eigenvalue weighted by Crippen LogP contribution is 2.18. The molecule has 0 aliphatic carbocycles. The summed E-state index contributed by atoms with van der Waals surface area (Å²) in [5.41, 5.74) is 1.61. The summed E-state index contributed by atoms with van der Waals surface area (Å²) in [4.78, 5) is 4.52. The topological polar surface area (TPSA) is 62.3 Å². The first-order valence-electron chi connectivity index (χ1n) is 6.26. The Labute approximate surface area is 133 Å². The zero-order chi connectivity index (χ0) is 15.5. The summed E-state index contributed by atoms with van der Waals surface area (Å²) >= 11 is 3.33. The monoisotopic (exact) mass is 369 g/mol. The maximum atomic E-state index is 12.1. The molecule has 0 aliphatic heterocycles. The molecule has 0 spiro atoms. The van der Waals surface area contributed by atoms with E-state index < -0.39 is 10.0 Å². The molecule has 0 radical (unpaired) electrons. The Bertz CT molecular complexity index is 715. The molecule has 0 unspecified atom stereocenters. The number of hydrogen-bond donors (Lipinski definition) is 1. The second-order valence-electron chi connectivity index (χ2n) is 4.64. The fourth-order valence-electron chi connectivity index (χ4n) is 1.68. The summed E-state index contributed by atoms with van der Waals surface area (Å²) in [6.07, 6.45) is 1.73. The van der Waals surface area contributed by atoms with E-state index in [4.69, 9.17) is 0 Å². The first kappa shape index (κ1) is 15.9. The largest absolute Gasteiger partial charge is 0.379 e. The maximum Gasteiger partial charge on any atom is 0.242 e. The third-order valence-electron chi connectivity index (χ3n) is 2.87. The van der Waals surface area contributed by atoms with Crippen molar-refractivity contribution in [2.24, 2.45) is 0 Å². The lowest BCUT2D eigenvalue weighted by molar-refractivity contribution is 0.521. The van der Waals surface area contributed by atoms with Gasteiger partial charge in [0.1, 0.15) is 0 Å². The van der Waals surface area contributed by atoms with Gasteiger partial charge in [0.25, 0.3) is 0 Å². The van der Waals surface area contributed by atoms with Gasteiger partial charge in [-0.05, 0) is 46.3 Å². The molecule has 112 valence electrons. The van der Waals surface area contributed by atoms with E-state index in [1.807, 2.05) is 18.2 Å². The SMILES string of the molecule is CN(C)S(=O)(=O)c1cccc(NCc2ccc(Br)cn2)c1. The third kappa shape index (κ3) is 4.03. The summed E-state index contributed by atoms with van der Waals surface area (Å²) in [6, 6.07) is 10.6. The average molecular weight is 370 g/mol. The molecule has 0 saturated heterocycles. The van der Waals surface area contributed by atoms with Crippen molar-refractivity contribution in [3.05, 3.63) is 52.8 Å². The second kappa shape index (κ2) is 6.55.